The van der Waals surface area contributed by atoms with Gasteiger partial charge < -0.3 is 10.2 Å². The van der Waals surface area contributed by atoms with Crippen LogP contribution in [0.1, 0.15) is 32.3 Å². The fourth-order valence-corrected chi connectivity index (χ4v) is 6.09. The molecule has 2 aliphatic rings. The number of thiazole rings is 1. The number of pyridine rings is 1. The zero-order chi connectivity index (χ0) is 24.1. The first-order chi connectivity index (χ1) is 17.0. The summed E-state index contributed by atoms with van der Waals surface area (Å²) in [5.74, 6) is 0.156. The number of aromatic nitrogens is 2. The van der Waals surface area contributed by atoms with Crippen LogP contribution < -0.4 is 5.32 Å². The van der Waals surface area contributed by atoms with Gasteiger partial charge in [-0.05, 0) is 55.0 Å². The number of rotatable bonds is 5. The average molecular weight is 487 g/mol. The number of aryl methyl sites for hydroxylation is 1. The lowest BCUT2D eigenvalue weighted by molar-refractivity contribution is 0.0690. The van der Waals surface area contributed by atoms with E-state index in [2.05, 4.69) is 15.3 Å². The van der Waals surface area contributed by atoms with Gasteiger partial charge in [-0.15, -0.1) is 11.3 Å². The first-order valence-corrected chi connectivity index (χ1v) is 12.5. The van der Waals surface area contributed by atoms with Crippen molar-refractivity contribution in [3.63, 3.8) is 0 Å². The number of fused-ring (bicyclic) bond motifs is 2. The van der Waals surface area contributed by atoms with Crippen LogP contribution in [0.2, 0.25) is 0 Å². The summed E-state index contributed by atoms with van der Waals surface area (Å²) in [5.41, 5.74) is 2.35. The Morgan fingerprint density at radius 2 is 2.03 bits per heavy atom. The SMILES string of the molecule is Cc1nc(C(=O)N2C[C@H]3C[C@H]3[C@H]2CNC(=O)c2ccnc3ccccc23)c(-c2cccc(F)c2)s1. The van der Waals surface area contributed by atoms with Crippen molar-refractivity contribution < 1.29 is 14.0 Å². The molecule has 1 saturated carbocycles. The molecule has 176 valence electrons. The molecule has 2 aromatic carbocycles. The Labute approximate surface area is 205 Å². The third-order valence-electron chi connectivity index (χ3n) is 6.95. The van der Waals surface area contributed by atoms with Crippen LogP contribution in [-0.2, 0) is 0 Å². The minimum Gasteiger partial charge on any atom is -0.350 e. The van der Waals surface area contributed by atoms with Gasteiger partial charge in [0.2, 0.25) is 0 Å². The second-order valence-electron chi connectivity index (χ2n) is 9.19. The molecule has 3 heterocycles. The monoisotopic (exact) mass is 486 g/mol. The molecule has 6 nitrogen and oxygen atoms in total. The van der Waals surface area contributed by atoms with E-state index in [0.29, 0.717) is 46.6 Å². The number of halogens is 1. The summed E-state index contributed by atoms with van der Waals surface area (Å²) in [5, 5.41) is 4.61. The molecule has 2 amide bonds. The predicted octanol–water partition coefficient (Wildman–Crippen LogP) is 4.70. The second kappa shape index (κ2) is 8.53. The van der Waals surface area contributed by atoms with E-state index in [-0.39, 0.29) is 23.7 Å². The number of hydrogen-bond donors (Lipinski definition) is 1. The minimum atomic E-state index is -0.349. The molecular weight excluding hydrogens is 463 g/mol. The van der Waals surface area contributed by atoms with E-state index in [1.54, 1.807) is 24.4 Å². The zero-order valence-corrected chi connectivity index (χ0v) is 19.9. The lowest BCUT2D eigenvalue weighted by Crippen LogP contribution is -2.45. The Kier molecular flexibility index (Phi) is 5.33. The summed E-state index contributed by atoms with van der Waals surface area (Å²) in [6.07, 6.45) is 2.70. The predicted molar refractivity (Wildman–Crippen MR) is 133 cm³/mol. The van der Waals surface area contributed by atoms with Crippen molar-refractivity contribution in [2.75, 3.05) is 13.1 Å². The van der Waals surface area contributed by atoms with E-state index in [4.69, 9.17) is 0 Å². The molecule has 2 aromatic heterocycles. The fraction of sp³-hybridized carbons (Fsp3) is 0.259. The summed E-state index contributed by atoms with van der Waals surface area (Å²) in [6.45, 7) is 2.88. The van der Waals surface area contributed by atoms with Crippen LogP contribution >= 0.6 is 11.3 Å². The van der Waals surface area contributed by atoms with Crippen molar-refractivity contribution in [3.8, 4) is 10.4 Å². The molecule has 0 radical (unpaired) electrons. The van der Waals surface area contributed by atoms with Gasteiger partial charge in [0.05, 0.1) is 27.0 Å². The third kappa shape index (κ3) is 3.97. The first kappa shape index (κ1) is 21.9. The van der Waals surface area contributed by atoms with Gasteiger partial charge in [-0.2, -0.15) is 0 Å². The van der Waals surface area contributed by atoms with E-state index in [1.807, 2.05) is 36.1 Å². The van der Waals surface area contributed by atoms with Gasteiger partial charge in [0, 0.05) is 24.7 Å². The van der Waals surface area contributed by atoms with Crippen LogP contribution in [0, 0.1) is 24.6 Å². The summed E-state index contributed by atoms with van der Waals surface area (Å²) in [6, 6.07) is 15.4. The van der Waals surface area contributed by atoms with Crippen molar-refractivity contribution in [2.45, 2.75) is 19.4 Å². The smallest absolute Gasteiger partial charge is 0.274 e. The number of carbonyl (C=O) groups excluding carboxylic acids is 2. The van der Waals surface area contributed by atoms with Gasteiger partial charge in [0.15, 0.2) is 0 Å². The van der Waals surface area contributed by atoms with Crippen LogP contribution in [0.4, 0.5) is 4.39 Å². The summed E-state index contributed by atoms with van der Waals surface area (Å²) < 4.78 is 13.9. The third-order valence-corrected chi connectivity index (χ3v) is 7.97. The molecule has 0 spiro atoms. The Balaban J connectivity index is 1.23. The van der Waals surface area contributed by atoms with Crippen molar-refractivity contribution >= 4 is 34.1 Å². The number of piperidine rings is 1. The van der Waals surface area contributed by atoms with Crippen LogP contribution in [-0.4, -0.2) is 45.8 Å². The maximum absolute atomic E-state index is 13.9. The van der Waals surface area contributed by atoms with E-state index in [0.717, 1.165) is 22.3 Å². The van der Waals surface area contributed by atoms with Gasteiger partial charge in [-0.1, -0.05) is 30.3 Å². The maximum atomic E-state index is 13.9. The highest BCUT2D eigenvalue weighted by Gasteiger charge is 2.54. The van der Waals surface area contributed by atoms with Crippen molar-refractivity contribution in [2.24, 2.45) is 11.8 Å². The molecule has 3 atom stereocenters. The summed E-state index contributed by atoms with van der Waals surface area (Å²) in [7, 11) is 0. The number of likely N-dealkylation sites (tertiary alicyclic amines) is 1. The van der Waals surface area contributed by atoms with Crippen LogP contribution in [0.25, 0.3) is 21.3 Å². The van der Waals surface area contributed by atoms with Crippen molar-refractivity contribution in [3.05, 3.63) is 82.9 Å². The topological polar surface area (TPSA) is 75.2 Å². The Bertz CT molecular complexity index is 1460. The maximum Gasteiger partial charge on any atom is 0.274 e. The lowest BCUT2D eigenvalue weighted by atomic mass is 10.1. The molecule has 2 fully saturated rings. The molecule has 35 heavy (non-hydrogen) atoms. The quantitative estimate of drug-likeness (QED) is 0.444. The van der Waals surface area contributed by atoms with Crippen LogP contribution in [0.15, 0.2) is 60.8 Å². The number of para-hydroxylation sites is 1. The normalized spacial score (nSPS) is 20.6. The molecule has 1 N–H and O–H groups in total. The van der Waals surface area contributed by atoms with Crippen molar-refractivity contribution in [1.29, 1.82) is 0 Å². The van der Waals surface area contributed by atoms with E-state index in [9.17, 15) is 14.0 Å². The lowest BCUT2D eigenvalue weighted by Gasteiger charge is -2.27. The fourth-order valence-electron chi connectivity index (χ4n) is 5.19. The molecule has 8 heteroatoms. The first-order valence-electron chi connectivity index (χ1n) is 11.7. The van der Waals surface area contributed by atoms with E-state index >= 15 is 0 Å². The number of nitrogens with one attached hydrogen (secondary N) is 1. The number of carbonyl (C=O) groups is 2. The molecule has 0 bridgehead atoms. The summed E-state index contributed by atoms with van der Waals surface area (Å²) in [4.78, 5) is 38.1. The number of benzene rings is 2. The molecule has 1 aliphatic heterocycles. The zero-order valence-electron chi connectivity index (χ0n) is 19.1. The van der Waals surface area contributed by atoms with Gasteiger partial charge >= 0.3 is 0 Å². The second-order valence-corrected chi connectivity index (χ2v) is 10.4. The standard InChI is InChI=1S/C27H23FN4O2S/c1-15-31-24(25(35-15)16-5-4-6-18(28)11-16)27(34)32-14-17-12-21(17)23(32)13-30-26(33)20-9-10-29-22-8-3-2-7-19(20)22/h2-11,17,21,23H,12-14H2,1H3,(H,30,33)/t17-,21-,23-/m1/s1. The molecule has 1 saturated heterocycles. The van der Waals surface area contributed by atoms with E-state index < -0.39 is 0 Å². The van der Waals surface area contributed by atoms with Crippen molar-refractivity contribution in [1.82, 2.24) is 20.2 Å². The van der Waals surface area contributed by atoms with Gasteiger partial charge in [0.1, 0.15) is 11.5 Å². The largest absolute Gasteiger partial charge is 0.350 e. The highest BCUT2D eigenvalue weighted by atomic mass is 32.1. The van der Waals surface area contributed by atoms with E-state index in [1.165, 1.54) is 23.5 Å². The number of nitrogens with zero attached hydrogens (tertiary/aromatic N) is 3. The Morgan fingerprint density at radius 3 is 2.89 bits per heavy atom. The number of hydrogen-bond acceptors (Lipinski definition) is 5. The molecule has 6 rings (SSSR count). The summed E-state index contributed by atoms with van der Waals surface area (Å²) >= 11 is 1.39. The Morgan fingerprint density at radius 1 is 1.17 bits per heavy atom. The van der Waals surface area contributed by atoms with Crippen LogP contribution in [0.3, 0.4) is 0 Å². The van der Waals surface area contributed by atoms with Gasteiger partial charge in [-0.25, -0.2) is 9.37 Å². The number of amides is 2. The highest BCUT2D eigenvalue weighted by Crippen LogP contribution is 2.50. The minimum absolute atomic E-state index is 0.0908. The highest BCUT2D eigenvalue weighted by molar-refractivity contribution is 7.15. The molecule has 1 aliphatic carbocycles. The Hall–Kier alpha value is -3.65. The molecule has 0 unspecified atom stereocenters. The molecular formula is C27H23FN4O2S. The van der Waals surface area contributed by atoms with Crippen LogP contribution in [0.5, 0.6) is 0 Å². The van der Waals surface area contributed by atoms with Gasteiger partial charge in [-0.3, -0.25) is 14.6 Å². The molecule has 4 aromatic rings. The van der Waals surface area contributed by atoms with Gasteiger partial charge in [0.25, 0.3) is 11.8 Å². The average Bonchev–Trinajstić information content (AvgIpc) is 3.38.